The molecule has 0 saturated heterocycles. The number of ether oxygens (including phenoxy) is 1. The Kier molecular flexibility index (Phi) is 1.78. The van der Waals surface area contributed by atoms with Crippen LogP contribution >= 0.6 is 11.8 Å². The van der Waals surface area contributed by atoms with Crippen molar-refractivity contribution in [3.05, 3.63) is 23.8 Å². The topological polar surface area (TPSA) is 9.23 Å². The third kappa shape index (κ3) is 1.23. The van der Waals surface area contributed by atoms with E-state index in [4.69, 9.17) is 4.74 Å². The van der Waals surface area contributed by atoms with Gasteiger partial charge < -0.3 is 4.74 Å². The smallest absolute Gasteiger partial charge is 0.124 e. The molecule has 0 N–H and O–H groups in total. The van der Waals surface area contributed by atoms with Crippen LogP contribution in [0.3, 0.4) is 0 Å². The largest absolute Gasteiger partial charge is 0.494 e. The molecule has 0 unspecified atom stereocenters. The molecule has 2 aliphatic heterocycles. The Morgan fingerprint density at radius 3 is 2.91 bits per heavy atom. The molecule has 2 bridgehead atoms. The van der Waals surface area contributed by atoms with Crippen molar-refractivity contribution >= 4 is 11.8 Å². The Morgan fingerprint density at radius 1 is 1.55 bits per heavy atom. The third-order valence-electron chi connectivity index (χ3n) is 1.73. The van der Waals surface area contributed by atoms with Crippen LogP contribution in [0.2, 0.25) is 0 Å². The van der Waals surface area contributed by atoms with E-state index in [0.717, 1.165) is 18.1 Å². The summed E-state index contributed by atoms with van der Waals surface area (Å²) in [5, 5.41) is 0. The van der Waals surface area contributed by atoms with E-state index in [0.29, 0.717) is 0 Å². The zero-order valence-electron chi connectivity index (χ0n) is 6.46. The number of hydrogen-bond donors (Lipinski definition) is 0. The molecule has 2 heterocycles. The van der Waals surface area contributed by atoms with Crippen LogP contribution in [0.1, 0.15) is 12.5 Å². The van der Waals surface area contributed by atoms with Crippen LogP contribution in [0.25, 0.3) is 0 Å². The zero-order valence-corrected chi connectivity index (χ0v) is 7.28. The van der Waals surface area contributed by atoms with E-state index in [-0.39, 0.29) is 0 Å². The molecular weight excluding hydrogens is 156 g/mol. The van der Waals surface area contributed by atoms with Crippen molar-refractivity contribution in [2.75, 3.05) is 6.61 Å². The summed E-state index contributed by atoms with van der Waals surface area (Å²) >= 11 is 1.88. The van der Waals surface area contributed by atoms with Gasteiger partial charge in [-0.05, 0) is 19.1 Å². The zero-order chi connectivity index (χ0) is 7.68. The summed E-state index contributed by atoms with van der Waals surface area (Å²) < 4.78 is 5.46. The van der Waals surface area contributed by atoms with Gasteiger partial charge in [0, 0.05) is 16.2 Å². The monoisotopic (exact) mass is 166 g/mol. The molecule has 2 aliphatic rings. The van der Waals surface area contributed by atoms with Gasteiger partial charge >= 0.3 is 0 Å². The molecule has 1 aromatic rings. The van der Waals surface area contributed by atoms with Gasteiger partial charge in [0.15, 0.2) is 0 Å². The minimum Gasteiger partial charge on any atom is -0.494 e. The Labute approximate surface area is 70.8 Å². The minimum atomic E-state index is 0.765. The van der Waals surface area contributed by atoms with Gasteiger partial charge in [0.1, 0.15) is 5.75 Å². The maximum atomic E-state index is 5.46. The SMILES string of the molecule is CCOc1cc2ccc1CS2. The molecule has 0 spiro atoms. The van der Waals surface area contributed by atoms with Gasteiger partial charge in [-0.1, -0.05) is 6.07 Å². The van der Waals surface area contributed by atoms with Crippen LogP contribution in [0, 0.1) is 0 Å². The number of benzene rings is 1. The van der Waals surface area contributed by atoms with Crippen LogP contribution in [0.5, 0.6) is 5.75 Å². The molecule has 0 aromatic heterocycles. The van der Waals surface area contributed by atoms with Crippen LogP contribution in [0.15, 0.2) is 23.1 Å². The standard InChI is InChI=1S/C9H10OS/c1-2-10-9-5-8-4-3-7(9)6-11-8/h3-5H,2,6H2,1H3. The summed E-state index contributed by atoms with van der Waals surface area (Å²) in [6, 6.07) is 6.41. The highest BCUT2D eigenvalue weighted by Gasteiger charge is 2.11. The Balaban J connectivity index is 2.36. The average molecular weight is 166 g/mol. The van der Waals surface area contributed by atoms with Gasteiger partial charge in [0.25, 0.3) is 0 Å². The molecule has 58 valence electrons. The van der Waals surface area contributed by atoms with E-state index in [9.17, 15) is 0 Å². The van der Waals surface area contributed by atoms with Gasteiger partial charge in [-0.3, -0.25) is 0 Å². The second-order valence-electron chi connectivity index (χ2n) is 2.49. The maximum Gasteiger partial charge on any atom is 0.124 e. The van der Waals surface area contributed by atoms with Crippen LogP contribution in [-0.2, 0) is 5.75 Å². The summed E-state index contributed by atoms with van der Waals surface area (Å²) in [4.78, 5) is 1.32. The third-order valence-corrected chi connectivity index (χ3v) is 2.78. The number of fused-ring (bicyclic) bond motifs is 3. The van der Waals surface area contributed by atoms with Crippen LogP contribution < -0.4 is 4.74 Å². The summed E-state index contributed by atoms with van der Waals surface area (Å²) in [5.41, 5.74) is 1.33. The molecule has 0 fully saturated rings. The first-order valence-corrected chi connectivity index (χ1v) is 4.77. The lowest BCUT2D eigenvalue weighted by atomic mass is 10.2. The van der Waals surface area contributed by atoms with Gasteiger partial charge in [-0.2, -0.15) is 0 Å². The van der Waals surface area contributed by atoms with Crippen molar-refractivity contribution in [1.29, 1.82) is 0 Å². The van der Waals surface area contributed by atoms with Gasteiger partial charge in [-0.15, -0.1) is 11.8 Å². The number of rotatable bonds is 2. The minimum absolute atomic E-state index is 0.765. The number of thioether (sulfide) groups is 1. The fraction of sp³-hybridized carbons (Fsp3) is 0.333. The van der Waals surface area contributed by atoms with Gasteiger partial charge in [0.2, 0.25) is 0 Å². The summed E-state index contributed by atoms with van der Waals surface area (Å²) in [7, 11) is 0. The lowest BCUT2D eigenvalue weighted by Crippen LogP contribution is -1.99. The predicted octanol–water partition coefficient (Wildman–Crippen LogP) is 2.69. The second-order valence-corrected chi connectivity index (χ2v) is 3.54. The van der Waals surface area contributed by atoms with Crippen molar-refractivity contribution in [1.82, 2.24) is 0 Å². The van der Waals surface area contributed by atoms with E-state index in [1.54, 1.807) is 0 Å². The molecule has 1 nitrogen and oxygen atoms in total. The van der Waals surface area contributed by atoms with Crippen LogP contribution in [0.4, 0.5) is 0 Å². The highest BCUT2D eigenvalue weighted by Crippen LogP contribution is 2.36. The first-order valence-electron chi connectivity index (χ1n) is 3.78. The van der Waals surface area contributed by atoms with Gasteiger partial charge in [-0.25, -0.2) is 0 Å². The van der Waals surface area contributed by atoms with Crippen molar-refractivity contribution in [3.8, 4) is 5.75 Å². The summed E-state index contributed by atoms with van der Waals surface area (Å²) in [6.07, 6.45) is 0. The fourth-order valence-electron chi connectivity index (χ4n) is 1.19. The fourth-order valence-corrected chi connectivity index (χ4v) is 2.11. The van der Waals surface area contributed by atoms with Crippen molar-refractivity contribution in [2.24, 2.45) is 0 Å². The number of hydrogen-bond acceptors (Lipinski definition) is 2. The Hall–Kier alpha value is -0.630. The molecule has 11 heavy (non-hydrogen) atoms. The highest BCUT2D eigenvalue weighted by atomic mass is 32.2. The summed E-state index contributed by atoms with van der Waals surface area (Å²) in [6.45, 7) is 2.78. The average Bonchev–Trinajstić information content (AvgIpc) is 2.07. The Bertz CT molecular complexity index is 270. The lowest BCUT2D eigenvalue weighted by Gasteiger charge is -2.16. The van der Waals surface area contributed by atoms with E-state index >= 15 is 0 Å². The first-order chi connectivity index (χ1) is 5.40. The van der Waals surface area contributed by atoms with E-state index in [2.05, 4.69) is 18.2 Å². The molecule has 0 aliphatic carbocycles. The molecule has 0 saturated carbocycles. The van der Waals surface area contributed by atoms with Gasteiger partial charge in [0.05, 0.1) is 6.61 Å². The first kappa shape index (κ1) is 7.04. The van der Waals surface area contributed by atoms with Crippen molar-refractivity contribution in [3.63, 3.8) is 0 Å². The predicted molar refractivity (Wildman–Crippen MR) is 47.2 cm³/mol. The second kappa shape index (κ2) is 2.78. The Morgan fingerprint density at radius 2 is 2.45 bits per heavy atom. The quantitative estimate of drug-likeness (QED) is 0.668. The molecule has 0 radical (unpaired) electrons. The molecule has 1 aromatic carbocycles. The molecule has 0 atom stereocenters. The van der Waals surface area contributed by atoms with Crippen molar-refractivity contribution < 1.29 is 4.74 Å². The summed E-state index contributed by atoms with van der Waals surface area (Å²) in [5.74, 6) is 2.15. The molecule has 0 amide bonds. The van der Waals surface area contributed by atoms with E-state index in [1.165, 1.54) is 10.5 Å². The van der Waals surface area contributed by atoms with E-state index < -0.39 is 0 Å². The molecule has 2 heteroatoms. The maximum absolute atomic E-state index is 5.46. The van der Waals surface area contributed by atoms with Crippen LogP contribution in [-0.4, -0.2) is 6.61 Å². The molecule has 3 rings (SSSR count). The van der Waals surface area contributed by atoms with E-state index in [1.807, 2.05) is 18.7 Å². The highest BCUT2D eigenvalue weighted by molar-refractivity contribution is 7.98. The molecular formula is C9H10OS. The van der Waals surface area contributed by atoms with Crippen molar-refractivity contribution in [2.45, 2.75) is 17.6 Å². The lowest BCUT2D eigenvalue weighted by molar-refractivity contribution is 0.336. The normalized spacial score (nSPS) is 13.5.